The van der Waals surface area contributed by atoms with Crippen LogP contribution in [0.25, 0.3) is 0 Å². The number of hydrogen-bond acceptors (Lipinski definition) is 1. The Morgan fingerprint density at radius 3 is 2.74 bits per heavy atom. The molecule has 2 nitrogen and oxygen atoms in total. The van der Waals surface area contributed by atoms with Gasteiger partial charge in [-0.2, -0.15) is 0 Å². The van der Waals surface area contributed by atoms with Gasteiger partial charge in [-0.15, -0.1) is 0 Å². The van der Waals surface area contributed by atoms with Gasteiger partial charge in [0.05, 0.1) is 0 Å². The summed E-state index contributed by atoms with van der Waals surface area (Å²) in [6.07, 6.45) is 5.74. The fourth-order valence-corrected chi connectivity index (χ4v) is 3.04. The van der Waals surface area contributed by atoms with Gasteiger partial charge in [-0.1, -0.05) is 36.6 Å². The Bertz CT molecular complexity index is 427. The van der Waals surface area contributed by atoms with Crippen molar-refractivity contribution in [2.75, 3.05) is 6.54 Å². The van der Waals surface area contributed by atoms with Crippen molar-refractivity contribution in [1.29, 1.82) is 0 Å². The van der Waals surface area contributed by atoms with Crippen molar-refractivity contribution in [2.45, 2.75) is 45.6 Å². The van der Waals surface area contributed by atoms with Gasteiger partial charge in [0.2, 0.25) is 5.91 Å². The largest absolute Gasteiger partial charge is 0.339 e. The molecule has 104 valence electrons. The summed E-state index contributed by atoms with van der Waals surface area (Å²) in [5, 5.41) is 0.733. The summed E-state index contributed by atoms with van der Waals surface area (Å²) in [4.78, 5) is 14.2. The molecule has 19 heavy (non-hydrogen) atoms. The molecule has 1 amide bonds. The van der Waals surface area contributed by atoms with E-state index >= 15 is 0 Å². The quantitative estimate of drug-likeness (QED) is 0.788. The monoisotopic (exact) mass is 279 g/mol. The highest BCUT2D eigenvalue weighted by Gasteiger charge is 2.21. The summed E-state index contributed by atoms with van der Waals surface area (Å²) in [7, 11) is 0. The number of carbonyl (C=O) groups is 1. The highest BCUT2D eigenvalue weighted by molar-refractivity contribution is 6.30. The molecule has 1 aromatic carbocycles. The van der Waals surface area contributed by atoms with E-state index in [4.69, 9.17) is 11.6 Å². The standard InChI is InChI=1S/C16H22ClNO/c1-2-18(12-14-8-5-9-15(17)10-14)16(19)11-13-6-3-4-7-13/h5,8-10,13H,2-4,6-7,11-12H2,1H3. The molecule has 0 aliphatic heterocycles. The zero-order valence-electron chi connectivity index (χ0n) is 11.6. The fourth-order valence-electron chi connectivity index (χ4n) is 2.82. The summed E-state index contributed by atoms with van der Waals surface area (Å²) >= 11 is 5.99. The predicted molar refractivity (Wildman–Crippen MR) is 79.1 cm³/mol. The minimum absolute atomic E-state index is 0.286. The molecule has 0 atom stereocenters. The first kappa shape index (κ1) is 14.4. The molecule has 1 saturated carbocycles. The van der Waals surface area contributed by atoms with Crippen LogP contribution < -0.4 is 0 Å². The number of amides is 1. The number of hydrogen-bond donors (Lipinski definition) is 0. The highest BCUT2D eigenvalue weighted by Crippen LogP contribution is 2.28. The summed E-state index contributed by atoms with van der Waals surface area (Å²) in [5.74, 6) is 0.898. The first-order valence-corrected chi connectivity index (χ1v) is 7.59. The molecule has 1 aliphatic rings. The molecule has 0 aromatic heterocycles. The lowest BCUT2D eigenvalue weighted by Gasteiger charge is -2.22. The van der Waals surface area contributed by atoms with Crippen LogP contribution in [0.4, 0.5) is 0 Å². The Labute approximate surface area is 120 Å². The van der Waals surface area contributed by atoms with Crippen molar-refractivity contribution in [2.24, 2.45) is 5.92 Å². The molecule has 0 unspecified atom stereocenters. The van der Waals surface area contributed by atoms with Gasteiger partial charge in [0.15, 0.2) is 0 Å². The summed E-state index contributed by atoms with van der Waals surface area (Å²) in [6, 6.07) is 7.76. The van der Waals surface area contributed by atoms with Crippen LogP contribution in [0, 0.1) is 5.92 Å². The van der Waals surface area contributed by atoms with E-state index in [9.17, 15) is 4.79 Å². The van der Waals surface area contributed by atoms with E-state index in [1.54, 1.807) is 0 Å². The molecule has 2 rings (SSSR count). The molecule has 0 saturated heterocycles. The lowest BCUT2D eigenvalue weighted by Crippen LogP contribution is -2.31. The lowest BCUT2D eigenvalue weighted by molar-refractivity contribution is -0.132. The molecule has 0 N–H and O–H groups in total. The van der Waals surface area contributed by atoms with Gasteiger partial charge in [0.1, 0.15) is 0 Å². The smallest absolute Gasteiger partial charge is 0.223 e. The third kappa shape index (κ3) is 4.24. The average Bonchev–Trinajstić information content (AvgIpc) is 2.88. The second-order valence-corrected chi connectivity index (χ2v) is 5.83. The van der Waals surface area contributed by atoms with Crippen LogP contribution in [0.15, 0.2) is 24.3 Å². The van der Waals surface area contributed by atoms with E-state index in [0.29, 0.717) is 18.9 Å². The van der Waals surface area contributed by atoms with Crippen LogP contribution in [0.1, 0.15) is 44.6 Å². The van der Waals surface area contributed by atoms with E-state index in [0.717, 1.165) is 17.1 Å². The molecular weight excluding hydrogens is 258 g/mol. The predicted octanol–water partition coefficient (Wildman–Crippen LogP) is 4.27. The van der Waals surface area contributed by atoms with Gasteiger partial charge < -0.3 is 4.90 Å². The number of rotatable bonds is 5. The molecule has 1 fully saturated rings. The van der Waals surface area contributed by atoms with Gasteiger partial charge in [-0.05, 0) is 43.4 Å². The van der Waals surface area contributed by atoms with Gasteiger partial charge in [0.25, 0.3) is 0 Å². The molecule has 1 aliphatic carbocycles. The zero-order chi connectivity index (χ0) is 13.7. The van der Waals surface area contributed by atoms with Crippen LogP contribution >= 0.6 is 11.6 Å². The molecular formula is C16H22ClNO. The van der Waals surface area contributed by atoms with Crippen molar-refractivity contribution >= 4 is 17.5 Å². The van der Waals surface area contributed by atoms with Crippen LogP contribution in [-0.4, -0.2) is 17.4 Å². The number of carbonyl (C=O) groups excluding carboxylic acids is 1. The number of benzene rings is 1. The van der Waals surface area contributed by atoms with Crippen LogP contribution in [0.5, 0.6) is 0 Å². The Kier molecular flexibility index (Phi) is 5.26. The van der Waals surface area contributed by atoms with E-state index < -0.39 is 0 Å². The van der Waals surface area contributed by atoms with Crippen LogP contribution in [-0.2, 0) is 11.3 Å². The summed E-state index contributed by atoms with van der Waals surface area (Å²) in [5.41, 5.74) is 1.11. The molecule has 0 radical (unpaired) electrons. The topological polar surface area (TPSA) is 20.3 Å². The van der Waals surface area contributed by atoms with Crippen molar-refractivity contribution in [1.82, 2.24) is 4.90 Å². The normalized spacial score (nSPS) is 15.7. The van der Waals surface area contributed by atoms with Crippen molar-refractivity contribution < 1.29 is 4.79 Å². The van der Waals surface area contributed by atoms with Crippen molar-refractivity contribution in [3.8, 4) is 0 Å². The molecule has 3 heteroatoms. The van der Waals surface area contributed by atoms with E-state index in [-0.39, 0.29) is 5.91 Å². The average molecular weight is 280 g/mol. The van der Waals surface area contributed by atoms with E-state index in [2.05, 4.69) is 0 Å². The van der Waals surface area contributed by atoms with Crippen LogP contribution in [0.3, 0.4) is 0 Å². The summed E-state index contributed by atoms with van der Waals surface area (Å²) in [6.45, 7) is 3.47. The maximum Gasteiger partial charge on any atom is 0.223 e. The molecule has 1 aromatic rings. The van der Waals surface area contributed by atoms with E-state index in [1.807, 2.05) is 36.1 Å². The molecule has 0 bridgehead atoms. The minimum Gasteiger partial charge on any atom is -0.339 e. The maximum absolute atomic E-state index is 12.3. The Hall–Kier alpha value is -1.02. The van der Waals surface area contributed by atoms with Gasteiger partial charge >= 0.3 is 0 Å². The first-order chi connectivity index (χ1) is 9.19. The Morgan fingerprint density at radius 2 is 2.11 bits per heavy atom. The zero-order valence-corrected chi connectivity index (χ0v) is 12.3. The third-order valence-electron chi connectivity index (χ3n) is 3.93. The Morgan fingerprint density at radius 1 is 1.37 bits per heavy atom. The maximum atomic E-state index is 12.3. The van der Waals surface area contributed by atoms with Crippen molar-refractivity contribution in [3.05, 3.63) is 34.9 Å². The Balaban J connectivity index is 1.93. The first-order valence-electron chi connectivity index (χ1n) is 7.21. The highest BCUT2D eigenvalue weighted by atomic mass is 35.5. The lowest BCUT2D eigenvalue weighted by atomic mass is 10.0. The second-order valence-electron chi connectivity index (χ2n) is 5.39. The third-order valence-corrected chi connectivity index (χ3v) is 4.17. The number of nitrogens with zero attached hydrogens (tertiary/aromatic N) is 1. The molecule has 0 heterocycles. The summed E-state index contributed by atoms with van der Waals surface area (Å²) < 4.78 is 0. The van der Waals surface area contributed by atoms with Gasteiger partial charge in [-0.25, -0.2) is 0 Å². The SMILES string of the molecule is CCN(Cc1cccc(Cl)c1)C(=O)CC1CCCC1. The minimum atomic E-state index is 0.286. The van der Waals surface area contributed by atoms with Gasteiger partial charge in [0, 0.05) is 24.5 Å². The van der Waals surface area contributed by atoms with E-state index in [1.165, 1.54) is 25.7 Å². The molecule has 0 spiro atoms. The fraction of sp³-hybridized carbons (Fsp3) is 0.562. The second kappa shape index (κ2) is 6.95. The van der Waals surface area contributed by atoms with Gasteiger partial charge in [-0.3, -0.25) is 4.79 Å². The van der Waals surface area contributed by atoms with Crippen molar-refractivity contribution in [3.63, 3.8) is 0 Å². The number of halogens is 1. The van der Waals surface area contributed by atoms with Crippen LogP contribution in [0.2, 0.25) is 5.02 Å².